The fourth-order valence-electron chi connectivity index (χ4n) is 3.00. The Labute approximate surface area is 183 Å². The van der Waals surface area contributed by atoms with Crippen molar-refractivity contribution in [3.63, 3.8) is 0 Å². The molecule has 3 rings (SSSR count). The maximum absolute atomic E-state index is 12.6. The summed E-state index contributed by atoms with van der Waals surface area (Å²) in [5.74, 6) is -0.836. The molecular weight excluding hydrogens is 424 g/mol. The smallest absolute Gasteiger partial charge is 0.343 e. The zero-order chi connectivity index (χ0) is 22.4. The van der Waals surface area contributed by atoms with Gasteiger partial charge in [-0.05, 0) is 48.7 Å². The highest BCUT2D eigenvalue weighted by atomic mass is 35.5. The van der Waals surface area contributed by atoms with Gasteiger partial charge in [0.1, 0.15) is 17.9 Å². The van der Waals surface area contributed by atoms with Crippen LogP contribution in [0.15, 0.2) is 51.7 Å². The average Bonchev–Trinajstić information content (AvgIpc) is 2.72. The molecule has 0 radical (unpaired) electrons. The minimum Gasteiger partial charge on any atom is -0.463 e. The lowest BCUT2D eigenvalue weighted by atomic mass is 10.0. The van der Waals surface area contributed by atoms with Crippen molar-refractivity contribution in [3.8, 4) is 5.75 Å². The number of aryl methyl sites for hydroxylation is 2. The summed E-state index contributed by atoms with van der Waals surface area (Å²) < 4.78 is 20.8. The highest BCUT2D eigenvalue weighted by Gasteiger charge is 2.17. The molecule has 2 aromatic carbocycles. The lowest BCUT2D eigenvalue weighted by molar-refractivity contribution is -0.144. The van der Waals surface area contributed by atoms with Crippen LogP contribution in [-0.2, 0) is 20.7 Å². The van der Waals surface area contributed by atoms with Crippen molar-refractivity contribution < 1.29 is 28.2 Å². The minimum absolute atomic E-state index is 0.0762. The molecule has 0 N–H and O–H groups in total. The third-order valence-corrected chi connectivity index (χ3v) is 4.78. The van der Waals surface area contributed by atoms with E-state index in [1.165, 1.54) is 25.3 Å². The molecule has 0 saturated carbocycles. The maximum atomic E-state index is 12.6. The molecule has 162 valence electrons. The lowest BCUT2D eigenvalue weighted by Crippen LogP contribution is -2.12. The fourth-order valence-corrected chi connectivity index (χ4v) is 3.19. The van der Waals surface area contributed by atoms with Gasteiger partial charge in [-0.3, -0.25) is 4.79 Å². The quantitative estimate of drug-likeness (QED) is 0.223. The van der Waals surface area contributed by atoms with Gasteiger partial charge in [0.25, 0.3) is 0 Å². The molecule has 0 amide bonds. The van der Waals surface area contributed by atoms with E-state index in [4.69, 9.17) is 30.2 Å². The summed E-state index contributed by atoms with van der Waals surface area (Å²) in [4.78, 5) is 36.4. The number of esters is 2. The van der Waals surface area contributed by atoms with Crippen molar-refractivity contribution in [2.45, 2.75) is 19.8 Å². The van der Waals surface area contributed by atoms with Crippen LogP contribution in [0.3, 0.4) is 0 Å². The third kappa shape index (κ3) is 5.93. The molecule has 0 saturated heterocycles. The maximum Gasteiger partial charge on any atom is 0.343 e. The minimum atomic E-state index is -0.624. The lowest BCUT2D eigenvalue weighted by Gasteiger charge is -2.12. The van der Waals surface area contributed by atoms with E-state index in [1.54, 1.807) is 31.2 Å². The molecule has 0 unspecified atom stereocenters. The molecule has 8 heteroatoms. The molecule has 3 aromatic rings. The average molecular weight is 445 g/mol. The van der Waals surface area contributed by atoms with Crippen LogP contribution in [0, 0.1) is 6.92 Å². The Balaban J connectivity index is 1.91. The van der Waals surface area contributed by atoms with Crippen LogP contribution in [0.1, 0.15) is 27.9 Å². The van der Waals surface area contributed by atoms with E-state index >= 15 is 0 Å². The Morgan fingerprint density at radius 3 is 2.65 bits per heavy atom. The first kappa shape index (κ1) is 22.5. The molecule has 0 bridgehead atoms. The number of ether oxygens (including phenoxy) is 3. The molecule has 31 heavy (non-hydrogen) atoms. The highest BCUT2D eigenvalue weighted by molar-refractivity contribution is 6.30. The molecule has 1 heterocycles. The van der Waals surface area contributed by atoms with Gasteiger partial charge in [-0.1, -0.05) is 17.7 Å². The Kier molecular flexibility index (Phi) is 7.44. The first-order valence-corrected chi connectivity index (χ1v) is 9.95. The first-order valence-electron chi connectivity index (χ1n) is 9.57. The second-order valence-electron chi connectivity index (χ2n) is 6.82. The molecule has 0 fully saturated rings. The first-order chi connectivity index (χ1) is 14.9. The van der Waals surface area contributed by atoms with E-state index in [-0.39, 0.29) is 36.3 Å². The second kappa shape index (κ2) is 10.2. The molecular formula is C23H21ClO7. The van der Waals surface area contributed by atoms with Gasteiger partial charge in [-0.15, -0.1) is 0 Å². The molecule has 0 aliphatic heterocycles. The number of halogens is 1. The summed E-state index contributed by atoms with van der Waals surface area (Å²) in [6.45, 7) is 2.25. The standard InChI is InChI=1S/C23H21ClO7/c1-14-10-22(26)30-20-13-19(31-23(27)16-4-3-5-17(24)11-16)15(12-18(14)20)6-7-21(25)29-9-8-28-2/h3-5,10-13H,6-9H2,1-2H3. The van der Waals surface area contributed by atoms with Crippen LogP contribution >= 0.6 is 11.6 Å². The SMILES string of the molecule is COCCOC(=O)CCc1cc2c(C)cc(=O)oc2cc1OC(=O)c1cccc(Cl)c1. The van der Waals surface area contributed by atoms with Crippen molar-refractivity contribution in [1.29, 1.82) is 0 Å². The number of methoxy groups -OCH3 is 1. The second-order valence-corrected chi connectivity index (χ2v) is 7.25. The summed E-state index contributed by atoms with van der Waals surface area (Å²) in [5.41, 5.74) is 1.35. The summed E-state index contributed by atoms with van der Waals surface area (Å²) in [6, 6.07) is 11.0. The zero-order valence-corrected chi connectivity index (χ0v) is 17.9. The molecule has 0 aliphatic rings. The van der Waals surface area contributed by atoms with E-state index < -0.39 is 17.6 Å². The van der Waals surface area contributed by atoms with Crippen molar-refractivity contribution >= 4 is 34.5 Å². The van der Waals surface area contributed by atoms with Gasteiger partial charge >= 0.3 is 17.6 Å². The van der Waals surface area contributed by atoms with Gasteiger partial charge in [-0.2, -0.15) is 0 Å². The van der Waals surface area contributed by atoms with Crippen LogP contribution in [0.2, 0.25) is 5.02 Å². The highest BCUT2D eigenvalue weighted by Crippen LogP contribution is 2.29. The van der Waals surface area contributed by atoms with Crippen molar-refractivity contribution in [1.82, 2.24) is 0 Å². The molecule has 0 atom stereocenters. The zero-order valence-electron chi connectivity index (χ0n) is 17.1. The summed E-state index contributed by atoms with van der Waals surface area (Å²) >= 11 is 5.96. The Bertz CT molecular complexity index is 1170. The molecule has 7 nitrogen and oxygen atoms in total. The number of benzene rings is 2. The largest absolute Gasteiger partial charge is 0.463 e. The number of hydrogen-bond donors (Lipinski definition) is 0. The van der Waals surface area contributed by atoms with Crippen molar-refractivity contribution in [2.75, 3.05) is 20.3 Å². The number of rotatable bonds is 8. The predicted molar refractivity (Wildman–Crippen MR) is 115 cm³/mol. The van der Waals surface area contributed by atoms with E-state index in [2.05, 4.69) is 0 Å². The van der Waals surface area contributed by atoms with Gasteiger partial charge in [0.15, 0.2) is 0 Å². The Morgan fingerprint density at radius 1 is 1.10 bits per heavy atom. The molecule has 0 spiro atoms. The number of fused-ring (bicyclic) bond motifs is 1. The predicted octanol–water partition coefficient (Wildman–Crippen LogP) is 4.10. The van der Waals surface area contributed by atoms with Crippen molar-refractivity contribution in [3.05, 3.63) is 74.6 Å². The fraction of sp³-hybridized carbons (Fsp3) is 0.261. The Morgan fingerprint density at radius 2 is 1.90 bits per heavy atom. The number of carbonyl (C=O) groups excluding carboxylic acids is 2. The Hall–Kier alpha value is -3.16. The normalized spacial score (nSPS) is 10.8. The molecule has 0 aliphatic carbocycles. The van der Waals surface area contributed by atoms with Crippen LogP contribution in [0.4, 0.5) is 0 Å². The van der Waals surface area contributed by atoms with Crippen LogP contribution in [0.5, 0.6) is 5.75 Å². The van der Waals surface area contributed by atoms with E-state index in [0.29, 0.717) is 28.1 Å². The van der Waals surface area contributed by atoms with E-state index in [9.17, 15) is 14.4 Å². The third-order valence-electron chi connectivity index (χ3n) is 4.54. The number of hydrogen-bond acceptors (Lipinski definition) is 7. The van der Waals surface area contributed by atoms with Gasteiger partial charge in [-0.25, -0.2) is 9.59 Å². The van der Waals surface area contributed by atoms with Gasteiger partial charge in [0.05, 0.1) is 12.2 Å². The molecule has 1 aromatic heterocycles. The van der Waals surface area contributed by atoms with Gasteiger partial charge < -0.3 is 18.6 Å². The van der Waals surface area contributed by atoms with Crippen LogP contribution in [-0.4, -0.2) is 32.3 Å². The topological polar surface area (TPSA) is 92.0 Å². The van der Waals surface area contributed by atoms with Gasteiger partial charge in [0, 0.05) is 36.1 Å². The summed E-state index contributed by atoms with van der Waals surface area (Å²) in [7, 11) is 1.52. The van der Waals surface area contributed by atoms with Crippen LogP contribution < -0.4 is 10.4 Å². The van der Waals surface area contributed by atoms with Crippen LogP contribution in [0.25, 0.3) is 11.0 Å². The number of carbonyl (C=O) groups is 2. The monoisotopic (exact) mass is 444 g/mol. The summed E-state index contributed by atoms with van der Waals surface area (Å²) in [5, 5.41) is 1.08. The van der Waals surface area contributed by atoms with E-state index in [1.807, 2.05) is 0 Å². The summed E-state index contributed by atoms with van der Waals surface area (Å²) in [6.07, 6.45) is 0.339. The van der Waals surface area contributed by atoms with E-state index in [0.717, 1.165) is 0 Å². The van der Waals surface area contributed by atoms with Gasteiger partial charge in [0.2, 0.25) is 0 Å². The van der Waals surface area contributed by atoms with Crippen molar-refractivity contribution in [2.24, 2.45) is 0 Å².